The number of carbonyl (C=O) groups is 1. The van der Waals surface area contributed by atoms with Gasteiger partial charge in [0.25, 0.3) is 0 Å². The molecule has 0 radical (unpaired) electrons. The minimum Gasteiger partial charge on any atom is -0.477 e. The van der Waals surface area contributed by atoms with Gasteiger partial charge in [0.1, 0.15) is 17.1 Å². The van der Waals surface area contributed by atoms with Crippen LogP contribution in [0.2, 0.25) is 0 Å². The lowest BCUT2D eigenvalue weighted by Gasteiger charge is -2.05. The average molecular weight is 235 g/mol. The lowest BCUT2D eigenvalue weighted by Crippen LogP contribution is -2.08. The fourth-order valence-electron chi connectivity index (χ4n) is 1.70. The van der Waals surface area contributed by atoms with Crippen molar-refractivity contribution in [3.05, 3.63) is 35.4 Å². The Balaban J connectivity index is 2.23. The molecule has 2 rings (SSSR count). The van der Waals surface area contributed by atoms with E-state index in [2.05, 4.69) is 10.4 Å². The molecule has 90 valence electrons. The smallest absolute Gasteiger partial charge is 0.341 e. The van der Waals surface area contributed by atoms with Crippen molar-refractivity contribution < 1.29 is 14.3 Å². The zero-order valence-corrected chi connectivity index (χ0v) is 9.60. The molecule has 0 fully saturated rings. The number of hydrogen-bond donors (Lipinski definition) is 2. The largest absolute Gasteiger partial charge is 0.477 e. The first-order chi connectivity index (χ1) is 8.09. The van der Waals surface area contributed by atoms with Crippen molar-refractivity contribution in [3.8, 4) is 0 Å². The monoisotopic (exact) mass is 235 g/mol. The van der Waals surface area contributed by atoms with Crippen molar-refractivity contribution >= 4 is 11.8 Å². The van der Waals surface area contributed by atoms with E-state index in [1.165, 1.54) is 4.68 Å². The van der Waals surface area contributed by atoms with Gasteiger partial charge in [-0.1, -0.05) is 0 Å². The topological polar surface area (TPSA) is 80.3 Å². The van der Waals surface area contributed by atoms with Crippen LogP contribution in [0.1, 0.15) is 21.8 Å². The van der Waals surface area contributed by atoms with Crippen molar-refractivity contribution in [3.63, 3.8) is 0 Å². The fourth-order valence-corrected chi connectivity index (χ4v) is 1.70. The van der Waals surface area contributed by atoms with Crippen LogP contribution >= 0.6 is 0 Å². The molecule has 0 atom stereocenters. The van der Waals surface area contributed by atoms with E-state index in [1.807, 2.05) is 6.07 Å². The van der Waals surface area contributed by atoms with Gasteiger partial charge in [0, 0.05) is 7.05 Å². The highest BCUT2D eigenvalue weighted by atomic mass is 16.4. The quantitative estimate of drug-likeness (QED) is 0.841. The molecule has 0 saturated heterocycles. The maximum absolute atomic E-state index is 11.1. The number of nitrogens with one attached hydrogen (secondary N) is 1. The Morgan fingerprint density at radius 2 is 2.41 bits per heavy atom. The van der Waals surface area contributed by atoms with Crippen LogP contribution in [0.25, 0.3) is 0 Å². The SMILES string of the molecule is Cc1nn(C)c(NCc2ccco2)c1C(=O)O. The molecule has 0 aromatic carbocycles. The maximum Gasteiger partial charge on any atom is 0.341 e. The molecule has 0 aliphatic heterocycles. The molecule has 2 N–H and O–H groups in total. The van der Waals surface area contributed by atoms with E-state index in [0.29, 0.717) is 18.1 Å². The van der Waals surface area contributed by atoms with Crippen molar-refractivity contribution in [2.45, 2.75) is 13.5 Å². The molecular formula is C11H13N3O3. The zero-order chi connectivity index (χ0) is 12.4. The van der Waals surface area contributed by atoms with Crippen LogP contribution in [0, 0.1) is 6.92 Å². The van der Waals surface area contributed by atoms with Gasteiger partial charge in [0.2, 0.25) is 0 Å². The van der Waals surface area contributed by atoms with Crippen LogP contribution < -0.4 is 5.32 Å². The minimum atomic E-state index is -0.988. The number of aryl methyl sites for hydroxylation is 2. The maximum atomic E-state index is 11.1. The zero-order valence-electron chi connectivity index (χ0n) is 9.60. The van der Waals surface area contributed by atoms with E-state index in [-0.39, 0.29) is 5.56 Å². The Kier molecular flexibility index (Phi) is 2.86. The van der Waals surface area contributed by atoms with Gasteiger partial charge in [-0.2, -0.15) is 5.10 Å². The van der Waals surface area contributed by atoms with Crippen LogP contribution in [0.5, 0.6) is 0 Å². The third-order valence-electron chi connectivity index (χ3n) is 2.45. The molecule has 6 nitrogen and oxygen atoms in total. The van der Waals surface area contributed by atoms with Crippen LogP contribution in [-0.2, 0) is 13.6 Å². The second-order valence-electron chi connectivity index (χ2n) is 3.67. The van der Waals surface area contributed by atoms with Crippen LogP contribution in [0.3, 0.4) is 0 Å². The summed E-state index contributed by atoms with van der Waals surface area (Å²) < 4.78 is 6.68. The number of aromatic carboxylic acids is 1. The highest BCUT2D eigenvalue weighted by Crippen LogP contribution is 2.19. The molecule has 0 amide bonds. The fraction of sp³-hybridized carbons (Fsp3) is 0.273. The predicted molar refractivity (Wildman–Crippen MR) is 60.9 cm³/mol. The van der Waals surface area contributed by atoms with Gasteiger partial charge in [0.05, 0.1) is 18.5 Å². The summed E-state index contributed by atoms with van der Waals surface area (Å²) in [5.74, 6) is 0.226. The first kappa shape index (κ1) is 11.3. The molecule has 2 aromatic heterocycles. The second-order valence-corrected chi connectivity index (χ2v) is 3.67. The molecule has 0 aliphatic carbocycles. The van der Waals surface area contributed by atoms with Crippen LogP contribution in [0.15, 0.2) is 22.8 Å². The minimum absolute atomic E-state index is 0.194. The van der Waals surface area contributed by atoms with E-state index < -0.39 is 5.97 Å². The Bertz CT molecular complexity index is 528. The number of furan rings is 1. The molecule has 17 heavy (non-hydrogen) atoms. The number of carboxylic acid groups (broad SMARTS) is 1. The van der Waals surface area contributed by atoms with Crippen LogP contribution in [0.4, 0.5) is 5.82 Å². The van der Waals surface area contributed by atoms with Crippen molar-refractivity contribution in [2.24, 2.45) is 7.05 Å². The lowest BCUT2D eigenvalue weighted by atomic mass is 10.2. The van der Waals surface area contributed by atoms with Gasteiger partial charge in [0.15, 0.2) is 0 Å². The summed E-state index contributed by atoms with van der Waals surface area (Å²) in [5.41, 5.74) is 0.681. The summed E-state index contributed by atoms with van der Waals surface area (Å²) >= 11 is 0. The first-order valence-electron chi connectivity index (χ1n) is 5.12. The summed E-state index contributed by atoms with van der Waals surface area (Å²) in [6, 6.07) is 3.60. The van der Waals surface area contributed by atoms with Gasteiger partial charge in [-0.3, -0.25) is 4.68 Å². The summed E-state index contributed by atoms with van der Waals surface area (Å²) in [6.45, 7) is 2.09. The third kappa shape index (κ3) is 2.15. The van der Waals surface area contributed by atoms with E-state index in [9.17, 15) is 4.79 Å². The number of nitrogens with zero attached hydrogens (tertiary/aromatic N) is 2. The summed E-state index contributed by atoms with van der Waals surface area (Å²) in [5, 5.41) is 16.2. The summed E-state index contributed by atoms with van der Waals surface area (Å²) in [7, 11) is 1.70. The Hall–Kier alpha value is -2.24. The van der Waals surface area contributed by atoms with E-state index in [4.69, 9.17) is 9.52 Å². The third-order valence-corrected chi connectivity index (χ3v) is 2.45. The molecule has 2 heterocycles. The van der Waals surface area contributed by atoms with E-state index >= 15 is 0 Å². The highest BCUT2D eigenvalue weighted by Gasteiger charge is 2.19. The molecule has 6 heteroatoms. The predicted octanol–water partition coefficient (Wildman–Crippen LogP) is 1.63. The molecule has 2 aromatic rings. The number of carboxylic acids is 1. The molecular weight excluding hydrogens is 222 g/mol. The highest BCUT2D eigenvalue weighted by molar-refractivity contribution is 5.94. The number of rotatable bonds is 4. The van der Waals surface area contributed by atoms with Gasteiger partial charge >= 0.3 is 5.97 Å². The summed E-state index contributed by atoms with van der Waals surface area (Å²) in [6.07, 6.45) is 1.57. The Morgan fingerprint density at radius 1 is 1.65 bits per heavy atom. The molecule has 0 bridgehead atoms. The molecule has 0 unspecified atom stereocenters. The standard InChI is InChI=1S/C11H13N3O3/c1-7-9(11(15)16)10(14(2)13-7)12-6-8-4-3-5-17-8/h3-5,12H,6H2,1-2H3,(H,15,16). The van der Waals surface area contributed by atoms with Gasteiger partial charge in [-0.05, 0) is 19.1 Å². The Labute approximate surface area is 97.9 Å². The second kappa shape index (κ2) is 4.32. The lowest BCUT2D eigenvalue weighted by molar-refractivity contribution is 0.0697. The van der Waals surface area contributed by atoms with Gasteiger partial charge in [-0.25, -0.2) is 4.79 Å². The van der Waals surface area contributed by atoms with Crippen molar-refractivity contribution in [1.82, 2.24) is 9.78 Å². The Morgan fingerprint density at radius 3 is 3.00 bits per heavy atom. The first-order valence-corrected chi connectivity index (χ1v) is 5.12. The molecule has 0 spiro atoms. The number of aromatic nitrogens is 2. The van der Waals surface area contributed by atoms with Crippen LogP contribution in [-0.4, -0.2) is 20.9 Å². The number of hydrogen-bond acceptors (Lipinski definition) is 4. The van der Waals surface area contributed by atoms with Gasteiger partial charge < -0.3 is 14.8 Å². The average Bonchev–Trinajstić information content (AvgIpc) is 2.83. The number of anilines is 1. The van der Waals surface area contributed by atoms with Crippen molar-refractivity contribution in [2.75, 3.05) is 5.32 Å². The molecule has 0 saturated carbocycles. The molecule has 0 aliphatic rings. The van der Waals surface area contributed by atoms with Crippen molar-refractivity contribution in [1.29, 1.82) is 0 Å². The van der Waals surface area contributed by atoms with E-state index in [1.54, 1.807) is 26.3 Å². The van der Waals surface area contributed by atoms with E-state index in [0.717, 1.165) is 5.76 Å². The summed E-state index contributed by atoms with van der Waals surface area (Å²) in [4.78, 5) is 11.1. The normalized spacial score (nSPS) is 10.5. The van der Waals surface area contributed by atoms with Gasteiger partial charge in [-0.15, -0.1) is 0 Å².